The van der Waals surface area contributed by atoms with E-state index in [1.165, 1.54) is 16.2 Å². The number of halogens is 2. The maximum Gasteiger partial charge on any atom is 0.324 e. The van der Waals surface area contributed by atoms with E-state index in [0.29, 0.717) is 47.5 Å². The number of nitrogens with one attached hydrogen (secondary N) is 3. The number of amides is 4. The van der Waals surface area contributed by atoms with Crippen molar-refractivity contribution in [2.75, 3.05) is 57.5 Å². The normalized spacial score (nSPS) is 14.7. The van der Waals surface area contributed by atoms with Crippen molar-refractivity contribution in [1.82, 2.24) is 9.80 Å². The number of carbonyl (C=O) groups excluding carboxylic acids is 3. The van der Waals surface area contributed by atoms with Crippen molar-refractivity contribution in [3.05, 3.63) is 44.8 Å². The summed E-state index contributed by atoms with van der Waals surface area (Å²) in [6.45, 7) is 8.94. The van der Waals surface area contributed by atoms with Gasteiger partial charge in [-0.3, -0.25) is 14.9 Å². The van der Waals surface area contributed by atoms with Crippen LogP contribution in [0, 0.1) is 0 Å². The molecule has 36 heavy (non-hydrogen) atoms. The first kappa shape index (κ1) is 28.2. The highest BCUT2D eigenvalue weighted by Crippen LogP contribution is 2.37. The fourth-order valence-electron chi connectivity index (χ4n) is 3.70. The largest absolute Gasteiger partial charge is 0.338 e. The van der Waals surface area contributed by atoms with Gasteiger partial charge in [0.25, 0.3) is 5.91 Å². The highest BCUT2D eigenvalue weighted by atomic mass is 35.5. The molecule has 2 heterocycles. The van der Waals surface area contributed by atoms with Gasteiger partial charge in [-0.1, -0.05) is 50.0 Å². The summed E-state index contributed by atoms with van der Waals surface area (Å²) in [5.74, 6) is -0.144. The highest BCUT2D eigenvalue weighted by Gasteiger charge is 2.29. The number of nitrogens with zero attached hydrogens (tertiary/aromatic N) is 2. The molecule has 3 N–H and O–H groups in total. The molecule has 1 aliphatic heterocycles. The van der Waals surface area contributed by atoms with Crippen molar-refractivity contribution < 1.29 is 19.3 Å². The molecule has 0 atom stereocenters. The molecule has 1 aromatic heterocycles. The van der Waals surface area contributed by atoms with E-state index in [-0.39, 0.29) is 28.7 Å². The zero-order valence-corrected chi connectivity index (χ0v) is 23.7. The van der Waals surface area contributed by atoms with E-state index in [0.717, 1.165) is 11.4 Å². The van der Waals surface area contributed by atoms with Gasteiger partial charge in [0.1, 0.15) is 5.00 Å². The second-order valence-corrected chi connectivity index (χ2v) is 12.0. The summed E-state index contributed by atoms with van der Waals surface area (Å²) >= 11 is 13.6. The number of benzene rings is 1. The molecule has 0 spiro atoms. The lowest BCUT2D eigenvalue weighted by molar-refractivity contribution is -0.857. The van der Waals surface area contributed by atoms with Crippen molar-refractivity contribution in [2.45, 2.75) is 32.6 Å². The van der Waals surface area contributed by atoms with Gasteiger partial charge in [-0.05, 0) is 23.6 Å². The first-order chi connectivity index (χ1) is 16.9. The minimum absolute atomic E-state index is 0.0587. The third kappa shape index (κ3) is 7.12. The van der Waals surface area contributed by atoms with E-state index in [4.69, 9.17) is 23.2 Å². The van der Waals surface area contributed by atoms with Gasteiger partial charge in [0.15, 0.2) is 0 Å². The summed E-state index contributed by atoms with van der Waals surface area (Å²) in [7, 11) is 4.10. The topological polar surface area (TPSA) is 86.2 Å². The second kappa shape index (κ2) is 11.8. The molecule has 1 saturated heterocycles. The molecule has 3 rings (SSSR count). The summed E-state index contributed by atoms with van der Waals surface area (Å²) in [6, 6.07) is 6.28. The molecule has 0 aliphatic carbocycles. The average molecular weight is 556 g/mol. The minimum atomic E-state index is -0.529. The molecule has 0 bridgehead atoms. The molecule has 11 heteroatoms. The lowest BCUT2D eigenvalue weighted by Crippen LogP contribution is -3.06. The number of hydrogen-bond donors (Lipinski definition) is 3. The van der Waals surface area contributed by atoms with E-state index >= 15 is 0 Å². The van der Waals surface area contributed by atoms with Crippen LogP contribution in [0.1, 0.15) is 42.4 Å². The Morgan fingerprint density at radius 2 is 1.83 bits per heavy atom. The van der Waals surface area contributed by atoms with Crippen LogP contribution in [0.4, 0.5) is 15.5 Å². The average Bonchev–Trinajstić information content (AvgIpc) is 3.12. The van der Waals surface area contributed by atoms with Crippen LogP contribution < -0.4 is 15.5 Å². The molecular formula is C25H34Cl2N5O3S+. The third-order valence-corrected chi connectivity index (χ3v) is 8.18. The Morgan fingerprint density at radius 3 is 2.50 bits per heavy atom. The zero-order valence-electron chi connectivity index (χ0n) is 21.3. The highest BCUT2D eigenvalue weighted by molar-refractivity contribution is 7.16. The zero-order chi connectivity index (χ0) is 26.6. The summed E-state index contributed by atoms with van der Waals surface area (Å²) < 4.78 is 0. The van der Waals surface area contributed by atoms with Gasteiger partial charge in [0.2, 0.25) is 5.91 Å². The maximum atomic E-state index is 13.6. The molecule has 1 aromatic carbocycles. The van der Waals surface area contributed by atoms with E-state index in [9.17, 15) is 14.4 Å². The van der Waals surface area contributed by atoms with Crippen molar-refractivity contribution >= 4 is 63.1 Å². The fraction of sp³-hybridized carbons (Fsp3) is 0.480. The maximum absolute atomic E-state index is 13.6. The number of hydrogen-bond acceptors (Lipinski definition) is 4. The van der Waals surface area contributed by atoms with Crippen LogP contribution in [-0.4, -0.2) is 74.5 Å². The molecule has 0 unspecified atom stereocenters. The number of likely N-dealkylation sites (N-methyl/N-ethyl adjacent to an activating group) is 1. The van der Waals surface area contributed by atoms with E-state index in [1.807, 2.05) is 25.1 Å². The van der Waals surface area contributed by atoms with Crippen molar-refractivity contribution in [1.29, 1.82) is 0 Å². The summed E-state index contributed by atoms with van der Waals surface area (Å²) in [4.78, 5) is 44.8. The summed E-state index contributed by atoms with van der Waals surface area (Å²) in [6.07, 6.45) is 0.279. The van der Waals surface area contributed by atoms with Crippen LogP contribution in [-0.2, 0) is 10.2 Å². The van der Waals surface area contributed by atoms with Crippen LogP contribution in [0.2, 0.25) is 10.0 Å². The molecule has 8 nitrogen and oxygen atoms in total. The van der Waals surface area contributed by atoms with E-state index < -0.39 is 6.03 Å². The summed E-state index contributed by atoms with van der Waals surface area (Å²) in [5, 5.41) is 6.54. The molecule has 1 aliphatic rings. The van der Waals surface area contributed by atoms with Gasteiger partial charge in [0.05, 0.1) is 48.5 Å². The first-order valence-electron chi connectivity index (χ1n) is 11.9. The van der Waals surface area contributed by atoms with E-state index in [2.05, 4.69) is 31.4 Å². The Hall–Kier alpha value is -2.33. The van der Waals surface area contributed by atoms with Gasteiger partial charge in [-0.2, -0.15) is 0 Å². The Balaban J connectivity index is 1.80. The molecule has 2 aromatic rings. The predicted octanol–water partition coefficient (Wildman–Crippen LogP) is 3.82. The number of thiophene rings is 1. The SMILES string of the molecule is C[NH+](C)CCN1CCN(C(=O)c2cc(C(C)(C)C)sc2NC(=O)Nc2cccc(Cl)c2Cl)CCC1=O. The Bertz CT molecular complexity index is 1130. The van der Waals surface area contributed by atoms with Gasteiger partial charge >= 0.3 is 6.03 Å². The molecular weight excluding hydrogens is 521 g/mol. The van der Waals surface area contributed by atoms with Crippen molar-refractivity contribution in [2.24, 2.45) is 0 Å². The Labute approximate surface area is 226 Å². The first-order valence-corrected chi connectivity index (χ1v) is 13.5. The van der Waals surface area contributed by atoms with Crippen molar-refractivity contribution in [3.8, 4) is 0 Å². The van der Waals surface area contributed by atoms with Gasteiger partial charge in [-0.25, -0.2) is 4.79 Å². The summed E-state index contributed by atoms with van der Waals surface area (Å²) in [5.41, 5.74) is 0.565. The number of rotatable bonds is 6. The molecule has 0 radical (unpaired) electrons. The monoisotopic (exact) mass is 554 g/mol. The quantitative estimate of drug-likeness (QED) is 0.507. The molecule has 1 fully saturated rings. The number of anilines is 2. The van der Waals surface area contributed by atoms with Crippen molar-refractivity contribution in [3.63, 3.8) is 0 Å². The van der Waals surface area contributed by atoms with Crippen LogP contribution >= 0.6 is 34.5 Å². The molecule has 0 saturated carbocycles. The Kier molecular flexibility index (Phi) is 9.27. The number of urea groups is 1. The number of carbonyl (C=O) groups is 3. The third-order valence-electron chi connectivity index (χ3n) is 5.89. The predicted molar refractivity (Wildman–Crippen MR) is 147 cm³/mol. The van der Waals surface area contributed by atoms with Gasteiger partial charge < -0.3 is 20.0 Å². The minimum Gasteiger partial charge on any atom is -0.338 e. The molecule has 196 valence electrons. The Morgan fingerprint density at radius 1 is 1.11 bits per heavy atom. The van der Waals surface area contributed by atoms with Crippen LogP contribution in [0.25, 0.3) is 0 Å². The van der Waals surface area contributed by atoms with Crippen LogP contribution in [0.3, 0.4) is 0 Å². The second-order valence-electron chi connectivity index (χ2n) is 10.2. The van der Waals surface area contributed by atoms with E-state index in [1.54, 1.807) is 23.1 Å². The van der Waals surface area contributed by atoms with Crippen LogP contribution in [0.5, 0.6) is 0 Å². The van der Waals surface area contributed by atoms with Gasteiger partial charge in [0, 0.05) is 30.9 Å². The molecule has 4 amide bonds. The van der Waals surface area contributed by atoms with Crippen LogP contribution in [0.15, 0.2) is 24.3 Å². The lowest BCUT2D eigenvalue weighted by atomic mass is 9.94. The lowest BCUT2D eigenvalue weighted by Gasteiger charge is -2.23. The van der Waals surface area contributed by atoms with Gasteiger partial charge in [-0.15, -0.1) is 11.3 Å². The number of quaternary nitrogens is 1. The standard InChI is InChI=1S/C25H33Cl2N5O3S/c1-25(2,3)19-15-16(22(36-19)29-24(35)28-18-8-6-7-17(26)21(18)27)23(34)32-10-9-20(33)31(13-14-32)12-11-30(4)5/h6-8,15H,9-14H2,1-5H3,(H2,28,29,35)/p+1. The smallest absolute Gasteiger partial charge is 0.324 e. The fourth-order valence-corrected chi connectivity index (χ4v) is 5.16.